The van der Waals surface area contributed by atoms with Crippen LogP contribution >= 0.6 is 0 Å². The fourth-order valence-corrected chi connectivity index (χ4v) is 1.15. The Hall–Kier alpha value is -0.830. The van der Waals surface area contributed by atoms with E-state index in [1.807, 2.05) is 38.6 Å². The average molecular weight is 212 g/mol. The maximum atomic E-state index is 5.07. The Morgan fingerprint density at radius 2 is 1.93 bits per heavy atom. The van der Waals surface area contributed by atoms with Crippen molar-refractivity contribution < 1.29 is 4.74 Å². The minimum Gasteiger partial charge on any atom is -0.377 e. The smallest absolute Gasteiger partial charge is 0.0985 e. The van der Waals surface area contributed by atoms with Gasteiger partial charge in [-0.1, -0.05) is 34.6 Å². The summed E-state index contributed by atoms with van der Waals surface area (Å²) in [7, 11) is 0. The van der Waals surface area contributed by atoms with Crippen molar-refractivity contribution in [3.63, 3.8) is 0 Å². The third kappa shape index (κ3) is 4.04. The van der Waals surface area contributed by atoms with Gasteiger partial charge in [-0.2, -0.15) is 5.10 Å². The molecule has 0 saturated carbocycles. The van der Waals surface area contributed by atoms with E-state index in [9.17, 15) is 0 Å². The van der Waals surface area contributed by atoms with E-state index in [1.165, 1.54) is 0 Å². The molecule has 0 atom stereocenters. The first-order valence-electron chi connectivity index (χ1n) is 6.02. The van der Waals surface area contributed by atoms with Crippen molar-refractivity contribution in [2.75, 3.05) is 13.2 Å². The van der Waals surface area contributed by atoms with Crippen LogP contribution < -0.4 is 0 Å². The molecule has 0 radical (unpaired) electrons. The van der Waals surface area contributed by atoms with E-state index in [0.717, 1.165) is 25.3 Å². The van der Waals surface area contributed by atoms with Crippen LogP contribution in [0.25, 0.3) is 0 Å². The highest BCUT2D eigenvalue weighted by Crippen LogP contribution is 2.15. The van der Waals surface area contributed by atoms with E-state index in [-0.39, 0.29) is 0 Å². The van der Waals surface area contributed by atoms with Gasteiger partial charge in [0, 0.05) is 6.20 Å². The van der Waals surface area contributed by atoms with Crippen LogP contribution in [0, 0.1) is 0 Å². The zero-order chi connectivity index (χ0) is 11.7. The minimum absolute atomic E-state index is 0.496. The largest absolute Gasteiger partial charge is 0.377 e. The molecule has 2 heterocycles. The third-order valence-corrected chi connectivity index (χ3v) is 2.02. The molecule has 1 fully saturated rings. The lowest BCUT2D eigenvalue weighted by Crippen LogP contribution is -2.30. The molecule has 0 spiro atoms. The molecular weight excluding hydrogens is 188 g/mol. The van der Waals surface area contributed by atoms with E-state index in [0.29, 0.717) is 6.04 Å². The Bertz CT molecular complexity index is 242. The van der Waals surface area contributed by atoms with Crippen molar-refractivity contribution in [3.05, 3.63) is 18.0 Å². The SMILES string of the molecule is CC.CC.CCc1ccn(C2COC2)n1. The zero-order valence-electron chi connectivity index (χ0n) is 10.7. The molecule has 0 unspecified atom stereocenters. The van der Waals surface area contributed by atoms with Crippen molar-refractivity contribution >= 4 is 0 Å². The molecule has 3 heteroatoms. The number of rotatable bonds is 2. The lowest BCUT2D eigenvalue weighted by molar-refractivity contribution is -0.0287. The van der Waals surface area contributed by atoms with Gasteiger partial charge in [-0.05, 0) is 12.5 Å². The number of aromatic nitrogens is 2. The number of aryl methyl sites for hydroxylation is 1. The Labute approximate surface area is 93.4 Å². The molecule has 1 aromatic heterocycles. The predicted molar refractivity (Wildman–Crippen MR) is 64.2 cm³/mol. The van der Waals surface area contributed by atoms with E-state index < -0.39 is 0 Å². The normalized spacial score (nSPS) is 14.2. The van der Waals surface area contributed by atoms with Gasteiger partial charge in [0.05, 0.1) is 24.9 Å². The van der Waals surface area contributed by atoms with E-state index >= 15 is 0 Å². The number of ether oxygens (including phenoxy) is 1. The number of hydrogen-bond acceptors (Lipinski definition) is 2. The molecule has 15 heavy (non-hydrogen) atoms. The van der Waals surface area contributed by atoms with Crippen molar-refractivity contribution in [1.29, 1.82) is 0 Å². The lowest BCUT2D eigenvalue weighted by atomic mass is 10.3. The first kappa shape index (κ1) is 14.2. The fourth-order valence-electron chi connectivity index (χ4n) is 1.15. The van der Waals surface area contributed by atoms with Gasteiger partial charge in [0.2, 0.25) is 0 Å². The van der Waals surface area contributed by atoms with Gasteiger partial charge in [-0.15, -0.1) is 0 Å². The summed E-state index contributed by atoms with van der Waals surface area (Å²) in [5, 5.41) is 4.39. The second kappa shape index (κ2) is 8.48. The van der Waals surface area contributed by atoms with E-state index in [2.05, 4.69) is 18.1 Å². The van der Waals surface area contributed by atoms with Crippen LogP contribution in [-0.2, 0) is 11.2 Å². The van der Waals surface area contributed by atoms with Gasteiger partial charge in [-0.3, -0.25) is 4.68 Å². The van der Waals surface area contributed by atoms with Crippen LogP contribution in [0.1, 0.15) is 46.4 Å². The van der Waals surface area contributed by atoms with Gasteiger partial charge in [0.1, 0.15) is 0 Å². The van der Waals surface area contributed by atoms with E-state index in [4.69, 9.17) is 4.74 Å². The Kier molecular flexibility index (Phi) is 8.01. The van der Waals surface area contributed by atoms with Crippen molar-refractivity contribution in [2.45, 2.75) is 47.1 Å². The summed E-state index contributed by atoms with van der Waals surface area (Å²) in [4.78, 5) is 0. The quantitative estimate of drug-likeness (QED) is 0.753. The molecule has 0 N–H and O–H groups in total. The Morgan fingerprint density at radius 3 is 2.27 bits per heavy atom. The molecule has 1 aliphatic heterocycles. The Balaban J connectivity index is 0.000000442. The highest BCUT2D eigenvalue weighted by Gasteiger charge is 2.20. The maximum absolute atomic E-state index is 5.07. The average Bonchev–Trinajstić information content (AvgIpc) is 2.70. The monoisotopic (exact) mass is 212 g/mol. The van der Waals surface area contributed by atoms with Crippen molar-refractivity contribution in [1.82, 2.24) is 9.78 Å². The van der Waals surface area contributed by atoms with Crippen LogP contribution in [0.2, 0.25) is 0 Å². The highest BCUT2D eigenvalue weighted by atomic mass is 16.5. The lowest BCUT2D eigenvalue weighted by Gasteiger charge is -2.25. The van der Waals surface area contributed by atoms with Gasteiger partial charge in [0.25, 0.3) is 0 Å². The van der Waals surface area contributed by atoms with Gasteiger partial charge >= 0.3 is 0 Å². The molecule has 1 aliphatic rings. The topological polar surface area (TPSA) is 27.1 Å². The second-order valence-corrected chi connectivity index (χ2v) is 2.83. The first-order chi connectivity index (χ1) is 7.40. The summed E-state index contributed by atoms with van der Waals surface area (Å²) in [6, 6.07) is 2.56. The predicted octanol–water partition coefficient (Wildman–Crippen LogP) is 3.07. The third-order valence-electron chi connectivity index (χ3n) is 2.02. The van der Waals surface area contributed by atoms with Crippen LogP contribution in [0.15, 0.2) is 12.3 Å². The summed E-state index contributed by atoms with van der Waals surface area (Å²) in [5.74, 6) is 0. The van der Waals surface area contributed by atoms with Gasteiger partial charge in [-0.25, -0.2) is 0 Å². The zero-order valence-corrected chi connectivity index (χ0v) is 10.7. The summed E-state index contributed by atoms with van der Waals surface area (Å²) >= 11 is 0. The van der Waals surface area contributed by atoms with Crippen molar-refractivity contribution in [3.8, 4) is 0 Å². The van der Waals surface area contributed by atoms with Crippen LogP contribution in [0.4, 0.5) is 0 Å². The molecule has 1 saturated heterocycles. The van der Waals surface area contributed by atoms with Crippen LogP contribution in [0.5, 0.6) is 0 Å². The summed E-state index contributed by atoms with van der Waals surface area (Å²) < 4.78 is 7.07. The number of nitrogens with zero attached hydrogens (tertiary/aromatic N) is 2. The Morgan fingerprint density at radius 1 is 1.33 bits per heavy atom. The van der Waals surface area contributed by atoms with Crippen LogP contribution in [0.3, 0.4) is 0 Å². The standard InChI is InChI=1S/C8H12N2O.2C2H6/c1-2-7-3-4-10(9-7)8-5-11-6-8;2*1-2/h3-4,8H,2,5-6H2,1H3;2*1-2H3. The molecule has 1 aromatic rings. The summed E-state index contributed by atoms with van der Waals surface area (Å²) in [6.07, 6.45) is 3.05. The maximum Gasteiger partial charge on any atom is 0.0985 e. The fraction of sp³-hybridized carbons (Fsp3) is 0.750. The minimum atomic E-state index is 0.496. The molecule has 0 bridgehead atoms. The highest BCUT2D eigenvalue weighted by molar-refractivity contribution is 4.99. The first-order valence-corrected chi connectivity index (χ1v) is 6.02. The van der Waals surface area contributed by atoms with Crippen LogP contribution in [-0.4, -0.2) is 23.0 Å². The van der Waals surface area contributed by atoms with E-state index in [1.54, 1.807) is 0 Å². The van der Waals surface area contributed by atoms with Gasteiger partial charge in [0.15, 0.2) is 0 Å². The molecule has 3 nitrogen and oxygen atoms in total. The molecule has 0 amide bonds. The molecular formula is C12H24N2O. The summed E-state index contributed by atoms with van der Waals surface area (Å²) in [6.45, 7) is 11.8. The van der Waals surface area contributed by atoms with Gasteiger partial charge < -0.3 is 4.74 Å². The molecule has 0 aliphatic carbocycles. The second-order valence-electron chi connectivity index (χ2n) is 2.83. The molecule has 88 valence electrons. The number of hydrogen-bond donors (Lipinski definition) is 0. The molecule has 0 aromatic carbocycles. The molecule has 2 rings (SSSR count). The van der Waals surface area contributed by atoms with Crippen molar-refractivity contribution in [2.24, 2.45) is 0 Å². The summed E-state index contributed by atoms with van der Waals surface area (Å²) in [5.41, 5.74) is 1.16.